The van der Waals surface area contributed by atoms with Crippen molar-refractivity contribution in [1.82, 2.24) is 0 Å². The second kappa shape index (κ2) is 3.80. The quantitative estimate of drug-likeness (QED) is 0.945. The molecule has 0 spiro atoms. The van der Waals surface area contributed by atoms with Crippen molar-refractivity contribution < 1.29 is 18.3 Å². The van der Waals surface area contributed by atoms with Gasteiger partial charge in [-0.05, 0) is 42.0 Å². The Hall–Kier alpha value is -1.40. The highest BCUT2D eigenvalue weighted by Gasteiger charge is 2.53. The smallest absolute Gasteiger partial charge is 0.345 e. The van der Waals surface area contributed by atoms with Gasteiger partial charge in [0.05, 0.1) is 4.75 Å². The average molecular weight is 296 g/mol. The van der Waals surface area contributed by atoms with Gasteiger partial charge >= 0.3 is 5.97 Å². The Balaban J connectivity index is 2.15. The Morgan fingerprint density at radius 3 is 2.53 bits per heavy atom. The van der Waals surface area contributed by atoms with Crippen LogP contribution in [0.5, 0.6) is 0 Å². The molecular formula is C13H12O4S2. The fourth-order valence-electron chi connectivity index (χ4n) is 2.42. The molecule has 1 heterocycles. The largest absolute Gasteiger partial charge is 0.477 e. The molecular weight excluding hydrogens is 284 g/mol. The molecule has 100 valence electrons. The van der Waals surface area contributed by atoms with E-state index in [0.717, 1.165) is 15.6 Å². The van der Waals surface area contributed by atoms with E-state index in [-0.39, 0.29) is 4.88 Å². The van der Waals surface area contributed by atoms with Crippen LogP contribution in [-0.2, 0) is 14.6 Å². The van der Waals surface area contributed by atoms with Gasteiger partial charge in [-0.15, -0.1) is 11.3 Å². The Kier molecular flexibility index (Phi) is 2.53. The molecule has 6 heteroatoms. The molecule has 1 aromatic carbocycles. The van der Waals surface area contributed by atoms with Crippen molar-refractivity contribution in [1.29, 1.82) is 0 Å². The van der Waals surface area contributed by atoms with Crippen molar-refractivity contribution in [3.05, 3.63) is 34.7 Å². The molecule has 2 aromatic rings. The maximum absolute atomic E-state index is 11.9. The Morgan fingerprint density at radius 1 is 1.32 bits per heavy atom. The van der Waals surface area contributed by atoms with Gasteiger partial charge in [0.25, 0.3) is 0 Å². The van der Waals surface area contributed by atoms with E-state index in [0.29, 0.717) is 12.8 Å². The van der Waals surface area contributed by atoms with E-state index in [9.17, 15) is 13.2 Å². The van der Waals surface area contributed by atoms with Crippen LogP contribution < -0.4 is 0 Å². The van der Waals surface area contributed by atoms with Crippen molar-refractivity contribution in [2.75, 3.05) is 6.26 Å². The molecule has 0 radical (unpaired) electrons. The van der Waals surface area contributed by atoms with E-state index in [2.05, 4.69) is 0 Å². The number of benzene rings is 1. The van der Waals surface area contributed by atoms with Crippen LogP contribution >= 0.6 is 11.3 Å². The molecule has 19 heavy (non-hydrogen) atoms. The van der Waals surface area contributed by atoms with Crippen LogP contribution in [0.25, 0.3) is 10.1 Å². The van der Waals surface area contributed by atoms with Crippen LogP contribution in [-0.4, -0.2) is 25.7 Å². The minimum atomic E-state index is -3.14. The molecule has 0 aliphatic heterocycles. The molecule has 1 fully saturated rings. The monoisotopic (exact) mass is 296 g/mol. The number of hydrogen-bond donors (Lipinski definition) is 1. The first-order valence-electron chi connectivity index (χ1n) is 5.80. The van der Waals surface area contributed by atoms with Crippen LogP contribution in [0.2, 0.25) is 0 Å². The van der Waals surface area contributed by atoms with Gasteiger partial charge in [-0.25, -0.2) is 13.2 Å². The summed E-state index contributed by atoms with van der Waals surface area (Å²) in [4.78, 5) is 11.2. The van der Waals surface area contributed by atoms with Crippen molar-refractivity contribution >= 4 is 37.2 Å². The van der Waals surface area contributed by atoms with Crippen LogP contribution in [0.15, 0.2) is 24.3 Å². The van der Waals surface area contributed by atoms with E-state index in [1.54, 1.807) is 12.1 Å². The number of thiophene rings is 1. The van der Waals surface area contributed by atoms with Gasteiger partial charge in [0.2, 0.25) is 0 Å². The average Bonchev–Trinajstić information content (AvgIpc) is 3.02. The van der Waals surface area contributed by atoms with Crippen LogP contribution in [0.3, 0.4) is 0 Å². The number of hydrogen-bond acceptors (Lipinski definition) is 4. The molecule has 1 N–H and O–H groups in total. The minimum absolute atomic E-state index is 0.274. The highest BCUT2D eigenvalue weighted by Crippen LogP contribution is 2.52. The van der Waals surface area contributed by atoms with Crippen molar-refractivity contribution in [2.24, 2.45) is 0 Å². The number of aromatic carboxylic acids is 1. The van der Waals surface area contributed by atoms with E-state index in [1.165, 1.54) is 17.6 Å². The Labute approximate surface area is 114 Å². The molecule has 0 atom stereocenters. The Bertz CT molecular complexity index is 782. The standard InChI is InChI=1S/C13H12O4S2/c1-19(16,17)13(4-5-13)9-2-3-10-8(6-9)7-11(18-10)12(14)15/h2-3,6-7H,4-5H2,1H3,(H,14,15). The summed E-state index contributed by atoms with van der Waals surface area (Å²) in [6.07, 6.45) is 2.56. The summed E-state index contributed by atoms with van der Waals surface area (Å²) >= 11 is 1.20. The van der Waals surface area contributed by atoms with Gasteiger partial charge < -0.3 is 5.11 Å². The number of sulfone groups is 1. The van der Waals surface area contributed by atoms with Gasteiger partial charge in [-0.1, -0.05) is 6.07 Å². The third kappa shape index (κ3) is 1.86. The van der Waals surface area contributed by atoms with E-state index in [4.69, 9.17) is 5.11 Å². The molecule has 0 amide bonds. The molecule has 1 saturated carbocycles. The first-order chi connectivity index (χ1) is 8.83. The molecule has 3 rings (SSSR count). The van der Waals surface area contributed by atoms with Gasteiger partial charge in [0, 0.05) is 11.0 Å². The summed E-state index contributed by atoms with van der Waals surface area (Å²) in [5.41, 5.74) is 0.775. The molecule has 1 aliphatic carbocycles. The number of carbonyl (C=O) groups is 1. The van der Waals surface area contributed by atoms with Crippen LogP contribution in [0.4, 0.5) is 0 Å². The number of carboxylic acid groups (broad SMARTS) is 1. The second-order valence-electron chi connectivity index (χ2n) is 4.93. The highest BCUT2D eigenvalue weighted by atomic mass is 32.2. The first-order valence-corrected chi connectivity index (χ1v) is 8.51. The third-order valence-corrected chi connectivity index (χ3v) is 6.83. The molecule has 0 unspecified atom stereocenters. The third-order valence-electron chi connectivity index (χ3n) is 3.67. The minimum Gasteiger partial charge on any atom is -0.477 e. The van der Waals surface area contributed by atoms with Gasteiger partial charge in [-0.3, -0.25) is 0 Å². The lowest BCUT2D eigenvalue weighted by Gasteiger charge is -2.13. The highest BCUT2D eigenvalue weighted by molar-refractivity contribution is 7.92. The fourth-order valence-corrected chi connectivity index (χ4v) is 4.70. The van der Waals surface area contributed by atoms with E-state index in [1.807, 2.05) is 12.1 Å². The summed E-state index contributed by atoms with van der Waals surface area (Å²) in [6, 6.07) is 7.03. The fraction of sp³-hybridized carbons (Fsp3) is 0.308. The lowest BCUT2D eigenvalue weighted by Crippen LogP contribution is -2.18. The lowest BCUT2D eigenvalue weighted by molar-refractivity contribution is 0.0702. The van der Waals surface area contributed by atoms with Crippen molar-refractivity contribution in [3.63, 3.8) is 0 Å². The molecule has 1 aliphatic rings. The predicted octanol–water partition coefficient (Wildman–Crippen LogP) is 2.63. The molecule has 0 bridgehead atoms. The lowest BCUT2D eigenvalue weighted by atomic mass is 10.1. The van der Waals surface area contributed by atoms with Gasteiger partial charge in [-0.2, -0.15) is 0 Å². The molecule has 0 saturated heterocycles. The zero-order valence-corrected chi connectivity index (χ0v) is 11.8. The molecule has 1 aromatic heterocycles. The maximum Gasteiger partial charge on any atom is 0.345 e. The summed E-state index contributed by atoms with van der Waals surface area (Å²) in [6.45, 7) is 0. The summed E-state index contributed by atoms with van der Waals surface area (Å²) in [5, 5.41) is 9.77. The number of rotatable bonds is 3. The van der Waals surface area contributed by atoms with Crippen molar-refractivity contribution in [2.45, 2.75) is 17.6 Å². The van der Waals surface area contributed by atoms with E-state index < -0.39 is 20.6 Å². The Morgan fingerprint density at radius 2 is 2.00 bits per heavy atom. The number of fused-ring (bicyclic) bond motifs is 1. The first kappa shape index (κ1) is 12.6. The van der Waals surface area contributed by atoms with E-state index >= 15 is 0 Å². The number of carboxylic acids is 1. The zero-order chi connectivity index (χ0) is 13.8. The van der Waals surface area contributed by atoms with Crippen LogP contribution in [0.1, 0.15) is 28.1 Å². The van der Waals surface area contributed by atoms with Gasteiger partial charge in [0.1, 0.15) is 4.88 Å². The topological polar surface area (TPSA) is 71.4 Å². The van der Waals surface area contributed by atoms with Crippen LogP contribution in [0, 0.1) is 0 Å². The summed E-state index contributed by atoms with van der Waals surface area (Å²) in [7, 11) is -3.14. The van der Waals surface area contributed by atoms with Gasteiger partial charge in [0.15, 0.2) is 9.84 Å². The SMILES string of the molecule is CS(=O)(=O)C1(c2ccc3sc(C(=O)O)cc3c2)CC1. The predicted molar refractivity (Wildman–Crippen MR) is 74.5 cm³/mol. The normalized spacial score (nSPS) is 17.5. The summed E-state index contributed by atoms with van der Waals surface area (Å²) < 4.78 is 23.9. The zero-order valence-electron chi connectivity index (χ0n) is 10.2. The molecule has 4 nitrogen and oxygen atoms in total. The summed E-state index contributed by atoms with van der Waals surface area (Å²) in [5.74, 6) is -0.952. The maximum atomic E-state index is 11.9. The second-order valence-corrected chi connectivity index (χ2v) is 8.34. The van der Waals surface area contributed by atoms with Crippen molar-refractivity contribution in [3.8, 4) is 0 Å².